The van der Waals surface area contributed by atoms with E-state index in [1.165, 1.54) is 0 Å². The molecule has 2 saturated carbocycles. The fourth-order valence-corrected chi connectivity index (χ4v) is 4.94. The summed E-state index contributed by atoms with van der Waals surface area (Å²) in [7, 11) is -4.04. The van der Waals surface area contributed by atoms with E-state index in [4.69, 9.17) is 11.6 Å². The Balaban J connectivity index is 1.88. The average molecular weight is 348 g/mol. The minimum Gasteiger partial charge on any atom is -0.392 e. The van der Waals surface area contributed by atoms with Gasteiger partial charge in [-0.1, -0.05) is 18.0 Å². The number of nitrogens with zero attached hydrogens (tertiary/aromatic N) is 2. The lowest BCUT2D eigenvalue weighted by Gasteiger charge is -2.59. The monoisotopic (exact) mass is 347 g/mol. The predicted molar refractivity (Wildman–Crippen MR) is 76.9 cm³/mol. The van der Waals surface area contributed by atoms with E-state index in [1.807, 2.05) is 0 Å². The van der Waals surface area contributed by atoms with E-state index in [0.29, 0.717) is 6.42 Å². The van der Waals surface area contributed by atoms with Gasteiger partial charge in [0.1, 0.15) is 16.2 Å². The van der Waals surface area contributed by atoms with Gasteiger partial charge in [-0.15, -0.1) is 0 Å². The molecular weight excluding hydrogens is 334 g/mol. The van der Waals surface area contributed by atoms with Gasteiger partial charge in [-0.05, 0) is 19.3 Å². The lowest BCUT2D eigenvalue weighted by molar-refractivity contribution is -0.385. The van der Waals surface area contributed by atoms with E-state index >= 15 is 0 Å². The summed E-state index contributed by atoms with van der Waals surface area (Å²) in [6.07, 6.45) is 3.22. The smallest absolute Gasteiger partial charge is 0.289 e. The zero-order valence-corrected chi connectivity index (χ0v) is 13.0. The van der Waals surface area contributed by atoms with Crippen LogP contribution in [0, 0.1) is 15.5 Å². The van der Waals surface area contributed by atoms with Gasteiger partial charge in [-0.3, -0.25) is 10.1 Å². The molecule has 2 unspecified atom stereocenters. The number of pyridine rings is 1. The molecule has 0 bridgehead atoms. The van der Waals surface area contributed by atoms with E-state index < -0.39 is 37.0 Å². The second-order valence-electron chi connectivity index (χ2n) is 5.75. The molecule has 10 heteroatoms. The second kappa shape index (κ2) is 5.12. The summed E-state index contributed by atoms with van der Waals surface area (Å²) in [5.74, 6) is 0. The lowest BCUT2D eigenvalue weighted by atomic mass is 9.51. The molecule has 0 amide bonds. The van der Waals surface area contributed by atoms with E-state index in [9.17, 15) is 23.6 Å². The topological polar surface area (TPSA) is 122 Å². The minimum atomic E-state index is -4.04. The predicted octanol–water partition coefficient (Wildman–Crippen LogP) is 1.23. The molecule has 2 fully saturated rings. The third-order valence-corrected chi connectivity index (χ3v) is 6.59. The van der Waals surface area contributed by atoms with Crippen LogP contribution >= 0.6 is 11.6 Å². The van der Waals surface area contributed by atoms with Crippen LogP contribution in [0.15, 0.2) is 17.2 Å². The summed E-state index contributed by atoms with van der Waals surface area (Å²) >= 11 is 5.78. The second-order valence-corrected chi connectivity index (χ2v) is 7.79. The summed E-state index contributed by atoms with van der Waals surface area (Å²) in [5.41, 5.74) is -0.843. The van der Waals surface area contributed by atoms with Crippen molar-refractivity contribution in [1.82, 2.24) is 9.71 Å². The molecule has 0 aliphatic heterocycles. The fraction of sp³-hybridized carbons (Fsp3) is 0.583. The molecule has 3 rings (SSSR count). The van der Waals surface area contributed by atoms with Gasteiger partial charge in [0.05, 0.1) is 11.0 Å². The van der Waals surface area contributed by atoms with Crippen LogP contribution in [0.25, 0.3) is 0 Å². The van der Waals surface area contributed by atoms with Gasteiger partial charge in [-0.25, -0.2) is 18.1 Å². The van der Waals surface area contributed by atoms with Gasteiger partial charge in [0.15, 0.2) is 0 Å². The van der Waals surface area contributed by atoms with Crippen molar-refractivity contribution in [3.8, 4) is 0 Å². The highest BCUT2D eigenvalue weighted by atomic mass is 35.5. The van der Waals surface area contributed by atoms with Gasteiger partial charge in [-0.2, -0.15) is 0 Å². The number of hydrogen-bond donors (Lipinski definition) is 2. The average Bonchev–Trinajstić information content (AvgIpc) is 2.35. The Morgan fingerprint density at radius 2 is 2.18 bits per heavy atom. The van der Waals surface area contributed by atoms with Crippen molar-refractivity contribution in [3.63, 3.8) is 0 Å². The maximum atomic E-state index is 12.4. The molecule has 120 valence electrons. The highest BCUT2D eigenvalue weighted by Gasteiger charge is 2.58. The highest BCUT2D eigenvalue weighted by Crippen LogP contribution is 2.56. The zero-order valence-electron chi connectivity index (χ0n) is 11.4. The van der Waals surface area contributed by atoms with Crippen molar-refractivity contribution in [1.29, 1.82) is 0 Å². The maximum Gasteiger partial charge on any atom is 0.289 e. The van der Waals surface area contributed by atoms with Crippen molar-refractivity contribution in [3.05, 3.63) is 27.5 Å². The number of aliphatic hydroxyl groups excluding tert-OH is 1. The molecule has 1 heterocycles. The Morgan fingerprint density at radius 3 is 2.68 bits per heavy atom. The molecule has 0 aromatic carbocycles. The summed E-state index contributed by atoms with van der Waals surface area (Å²) in [4.78, 5) is 13.2. The largest absolute Gasteiger partial charge is 0.392 e. The summed E-state index contributed by atoms with van der Waals surface area (Å²) in [5, 5.41) is 20.3. The number of nitro groups is 1. The molecule has 2 N–H and O–H groups in total. The van der Waals surface area contributed by atoms with E-state index in [0.717, 1.165) is 31.5 Å². The first-order chi connectivity index (χ1) is 10.3. The minimum absolute atomic E-state index is 0.319. The molecule has 1 aromatic heterocycles. The Bertz CT molecular complexity index is 734. The van der Waals surface area contributed by atoms with Crippen LogP contribution in [-0.2, 0) is 10.0 Å². The first kappa shape index (κ1) is 15.6. The van der Waals surface area contributed by atoms with Crippen molar-refractivity contribution in [2.24, 2.45) is 5.41 Å². The molecule has 2 aliphatic rings. The van der Waals surface area contributed by atoms with E-state index in [-0.39, 0.29) is 11.2 Å². The zero-order chi connectivity index (χ0) is 16.1. The molecule has 1 aromatic rings. The molecule has 1 spiro atoms. The Kier molecular flexibility index (Phi) is 3.63. The summed E-state index contributed by atoms with van der Waals surface area (Å²) in [6, 6.07) is 0.511. The third-order valence-electron chi connectivity index (χ3n) is 4.69. The van der Waals surface area contributed by atoms with Crippen molar-refractivity contribution in [2.45, 2.75) is 42.7 Å². The van der Waals surface area contributed by atoms with Crippen LogP contribution in [0.3, 0.4) is 0 Å². The van der Waals surface area contributed by atoms with Crippen LogP contribution in [0.4, 0.5) is 5.69 Å². The summed E-state index contributed by atoms with van der Waals surface area (Å²) in [6.45, 7) is 0. The molecule has 22 heavy (non-hydrogen) atoms. The van der Waals surface area contributed by atoms with Crippen LogP contribution in [0.2, 0.25) is 5.15 Å². The van der Waals surface area contributed by atoms with Gasteiger partial charge in [0, 0.05) is 17.5 Å². The highest BCUT2D eigenvalue weighted by molar-refractivity contribution is 7.89. The number of aromatic nitrogens is 1. The quantitative estimate of drug-likeness (QED) is 0.479. The van der Waals surface area contributed by atoms with Crippen molar-refractivity contribution in [2.75, 3.05) is 0 Å². The number of nitrogens with one attached hydrogen (secondary N) is 1. The molecule has 0 saturated heterocycles. The van der Waals surface area contributed by atoms with Gasteiger partial charge < -0.3 is 5.11 Å². The molecule has 8 nitrogen and oxygen atoms in total. The van der Waals surface area contributed by atoms with Gasteiger partial charge >= 0.3 is 0 Å². The van der Waals surface area contributed by atoms with Crippen LogP contribution in [0.1, 0.15) is 25.7 Å². The molecule has 2 aliphatic carbocycles. The van der Waals surface area contributed by atoms with Crippen molar-refractivity contribution < 1.29 is 18.4 Å². The maximum absolute atomic E-state index is 12.4. The van der Waals surface area contributed by atoms with Crippen molar-refractivity contribution >= 4 is 27.3 Å². The Morgan fingerprint density at radius 1 is 1.50 bits per heavy atom. The first-order valence-electron chi connectivity index (χ1n) is 6.76. The number of rotatable bonds is 4. The van der Waals surface area contributed by atoms with Gasteiger partial charge in [0.2, 0.25) is 10.0 Å². The van der Waals surface area contributed by atoms with E-state index in [1.54, 1.807) is 0 Å². The number of halogens is 1. The van der Waals surface area contributed by atoms with Crippen LogP contribution in [-0.4, -0.2) is 35.6 Å². The first-order valence-corrected chi connectivity index (χ1v) is 8.63. The Labute approximate surface area is 131 Å². The molecule has 0 radical (unpaired) electrons. The number of hydrogen-bond acceptors (Lipinski definition) is 6. The van der Waals surface area contributed by atoms with Crippen LogP contribution < -0.4 is 4.72 Å². The number of sulfonamides is 1. The number of aliphatic hydroxyl groups is 1. The SMILES string of the molecule is O=[N+]([O-])c1cnc(Cl)c(S(=O)(=O)NC2CC(O)C23CCC3)c1. The molecular formula is C12H14ClN3O5S. The standard InChI is InChI=1S/C12H14ClN3O5S/c13-11-8(4-7(6-14-11)16(18)19)22(20,21)15-9-5-10(17)12(9)2-1-3-12/h4,6,9-10,15,17H,1-3,5H2. The molecule has 2 atom stereocenters. The van der Waals surface area contributed by atoms with Crippen LogP contribution in [0.5, 0.6) is 0 Å². The Hall–Kier alpha value is -1.29. The third kappa shape index (κ3) is 2.28. The fourth-order valence-electron chi connectivity index (χ4n) is 3.15. The lowest BCUT2D eigenvalue weighted by Crippen LogP contribution is -2.66. The van der Waals surface area contributed by atoms with E-state index in [2.05, 4.69) is 9.71 Å². The summed E-state index contributed by atoms with van der Waals surface area (Å²) < 4.78 is 27.4. The normalized spacial score (nSPS) is 26.3. The van der Waals surface area contributed by atoms with Gasteiger partial charge in [0.25, 0.3) is 5.69 Å².